The number of hydrogen-bond donors (Lipinski definition) is 4. The van der Waals surface area contributed by atoms with Crippen LogP contribution in [-0.4, -0.2) is 42.1 Å². The van der Waals surface area contributed by atoms with E-state index in [2.05, 4.69) is 60.2 Å². The van der Waals surface area contributed by atoms with Crippen LogP contribution < -0.4 is 0 Å². The summed E-state index contributed by atoms with van der Waals surface area (Å²) in [5, 5.41) is 19.5. The first kappa shape index (κ1) is 40.4. The highest BCUT2D eigenvalue weighted by Crippen LogP contribution is 2.35. The van der Waals surface area contributed by atoms with Crippen molar-refractivity contribution in [2.75, 3.05) is 0 Å². The van der Waals surface area contributed by atoms with Crippen LogP contribution in [0.5, 0.6) is 0 Å². The van der Waals surface area contributed by atoms with Gasteiger partial charge in [0.1, 0.15) is 0 Å². The van der Waals surface area contributed by atoms with Crippen molar-refractivity contribution in [3.8, 4) is 22.3 Å². The Kier molecular flexibility index (Phi) is 13.3. The van der Waals surface area contributed by atoms with Crippen LogP contribution in [0, 0.1) is 0 Å². The fraction of sp³-hybridized carbons (Fsp3) is 0.360. The Labute approximate surface area is 341 Å². The van der Waals surface area contributed by atoms with E-state index >= 15 is 0 Å². The van der Waals surface area contributed by atoms with E-state index in [1.54, 1.807) is 24.3 Å². The number of aromatic nitrogens is 4. The molecule has 0 radical (unpaired) electrons. The maximum Gasteiger partial charge on any atom is 0.335 e. The predicted molar refractivity (Wildman–Crippen MR) is 236 cm³/mol. The zero-order valence-electron chi connectivity index (χ0n) is 34.0. The molecule has 0 atom stereocenters. The third kappa shape index (κ3) is 9.33. The lowest BCUT2D eigenvalue weighted by Crippen LogP contribution is -2.02. The number of rotatable bonds is 14. The summed E-state index contributed by atoms with van der Waals surface area (Å²) in [6, 6.07) is 23.0. The molecule has 0 aliphatic carbocycles. The molecule has 0 unspecified atom stereocenters. The number of aromatic carboxylic acids is 2. The molecule has 4 N–H and O–H groups in total. The molecule has 58 heavy (non-hydrogen) atoms. The molecule has 0 amide bonds. The lowest BCUT2D eigenvalue weighted by molar-refractivity contribution is 0.0686. The lowest BCUT2D eigenvalue weighted by Gasteiger charge is -2.12. The van der Waals surface area contributed by atoms with Crippen molar-refractivity contribution in [2.45, 2.75) is 117 Å². The van der Waals surface area contributed by atoms with Gasteiger partial charge in [-0.05, 0) is 129 Å². The van der Waals surface area contributed by atoms with E-state index in [0.29, 0.717) is 0 Å². The number of nitrogens with zero attached hydrogens (tertiary/aromatic N) is 2. The van der Waals surface area contributed by atoms with Crippen LogP contribution in [0.1, 0.15) is 146 Å². The molecule has 8 heteroatoms. The summed E-state index contributed by atoms with van der Waals surface area (Å²) in [5.41, 5.74) is 14.4. The number of carboxylic acids is 2. The van der Waals surface area contributed by atoms with Crippen molar-refractivity contribution in [3.63, 3.8) is 0 Å². The number of fused-ring (bicyclic) bond motifs is 8. The van der Waals surface area contributed by atoms with Crippen molar-refractivity contribution >= 4 is 46.2 Å². The smallest absolute Gasteiger partial charge is 0.335 e. The van der Waals surface area contributed by atoms with Gasteiger partial charge in [0, 0.05) is 44.5 Å². The molecular weight excluding hydrogens is 721 g/mol. The fourth-order valence-corrected chi connectivity index (χ4v) is 8.49. The van der Waals surface area contributed by atoms with Gasteiger partial charge in [0.25, 0.3) is 0 Å². The standard InChI is InChI=1S/C50H56N4O4/c1-3-5-7-11-15-37-39-17-13-9-10-14-18-43(51-39)47(33-19-23-35(24-20-33)49(55)56)44-30-28-41(53-44)38(16-12-8-6-4-2)42-29-32-46(54-42)48(45-31-27-40(37)52-45)34-21-25-36(26-22-34)50(57)58/h19-32,52-53H,3-18H2,1-2H3,(H,55,56)(H,57,58). The Morgan fingerprint density at radius 2 is 1.00 bits per heavy atom. The summed E-state index contributed by atoms with van der Waals surface area (Å²) in [6.45, 7) is 4.47. The van der Waals surface area contributed by atoms with Crippen LogP contribution in [-0.2, 0) is 25.7 Å². The Hall–Kier alpha value is -5.76. The second kappa shape index (κ2) is 19.1. The molecule has 5 heterocycles. The minimum Gasteiger partial charge on any atom is -0.478 e. The Balaban J connectivity index is 1.60. The molecule has 0 spiro atoms. The van der Waals surface area contributed by atoms with Crippen LogP contribution in [0.15, 0.2) is 72.8 Å². The van der Waals surface area contributed by atoms with Crippen LogP contribution in [0.25, 0.3) is 56.5 Å². The molecule has 0 saturated carbocycles. The average Bonchev–Trinajstić information content (AvgIpc) is 4.03. The number of unbranched alkanes of at least 4 members (excludes halogenated alkanes) is 6. The van der Waals surface area contributed by atoms with Gasteiger partial charge < -0.3 is 20.2 Å². The minimum absolute atomic E-state index is 0.244. The number of carboxylic acid groups (broad SMARTS) is 2. The van der Waals surface area contributed by atoms with Crippen molar-refractivity contribution in [2.24, 2.45) is 0 Å². The maximum atomic E-state index is 11.9. The highest BCUT2D eigenvalue weighted by molar-refractivity contribution is 5.94. The van der Waals surface area contributed by atoms with Crippen LogP contribution in [0.4, 0.5) is 0 Å². The highest BCUT2D eigenvalue weighted by Gasteiger charge is 2.19. The van der Waals surface area contributed by atoms with Crippen molar-refractivity contribution in [1.82, 2.24) is 19.9 Å². The minimum atomic E-state index is -0.954. The molecule has 2 aromatic carbocycles. The fourth-order valence-electron chi connectivity index (χ4n) is 8.49. The molecule has 5 aromatic rings. The predicted octanol–water partition coefficient (Wildman–Crippen LogP) is 12.8. The Morgan fingerprint density at radius 1 is 0.517 bits per heavy atom. The Bertz CT molecular complexity index is 2440. The summed E-state index contributed by atoms with van der Waals surface area (Å²) in [5.74, 6) is -1.90. The van der Waals surface area contributed by atoms with Gasteiger partial charge in [0.15, 0.2) is 0 Å². The SMILES string of the molecule is CCCCCCc1c2nc(c(-c3ccc(C(=O)O)cc3)c3ccc([nH]3)c(CCCCCC)c3nc(c(-c4ccc(C(=O)O)cc4)c4ccc1[nH]4)CCCCCC3)C=C2. The van der Waals surface area contributed by atoms with E-state index < -0.39 is 11.9 Å². The monoisotopic (exact) mass is 776 g/mol. The van der Waals surface area contributed by atoms with Gasteiger partial charge >= 0.3 is 11.9 Å². The Morgan fingerprint density at radius 3 is 1.57 bits per heavy atom. The number of benzene rings is 2. The molecule has 8 bridgehead atoms. The zero-order valence-corrected chi connectivity index (χ0v) is 34.0. The summed E-state index contributed by atoms with van der Waals surface area (Å²) < 4.78 is 0. The summed E-state index contributed by atoms with van der Waals surface area (Å²) in [6.07, 6.45) is 20.9. The quantitative estimate of drug-likeness (QED) is 0.0814. The number of carbonyl (C=O) groups is 2. The molecule has 300 valence electrons. The average molecular weight is 777 g/mol. The lowest BCUT2D eigenvalue weighted by atomic mass is 9.99. The molecule has 2 aliphatic heterocycles. The van der Waals surface area contributed by atoms with Crippen molar-refractivity contribution in [1.29, 1.82) is 0 Å². The van der Waals surface area contributed by atoms with Gasteiger partial charge in [-0.2, -0.15) is 0 Å². The molecule has 0 fully saturated rings. The van der Waals surface area contributed by atoms with Gasteiger partial charge in [0.05, 0.1) is 28.2 Å². The van der Waals surface area contributed by atoms with Crippen molar-refractivity contribution in [3.05, 3.63) is 118 Å². The maximum absolute atomic E-state index is 11.9. The summed E-state index contributed by atoms with van der Waals surface area (Å²) in [4.78, 5) is 42.6. The molecule has 7 rings (SSSR count). The van der Waals surface area contributed by atoms with Gasteiger partial charge in [0.2, 0.25) is 0 Å². The number of hydrogen-bond acceptors (Lipinski definition) is 4. The number of nitrogens with one attached hydrogen (secondary N) is 2. The van der Waals surface area contributed by atoms with E-state index in [-0.39, 0.29) is 11.1 Å². The first-order chi connectivity index (χ1) is 28.3. The van der Waals surface area contributed by atoms with E-state index in [1.165, 1.54) is 18.4 Å². The molecule has 0 saturated heterocycles. The van der Waals surface area contributed by atoms with Crippen LogP contribution in [0.2, 0.25) is 0 Å². The number of aryl methyl sites for hydroxylation is 4. The number of H-pyrrole nitrogens is 2. The third-order valence-electron chi connectivity index (χ3n) is 11.7. The van der Waals surface area contributed by atoms with E-state index in [4.69, 9.17) is 9.97 Å². The van der Waals surface area contributed by atoms with Gasteiger partial charge in [-0.3, -0.25) is 4.98 Å². The van der Waals surface area contributed by atoms with E-state index in [0.717, 1.165) is 163 Å². The second-order valence-electron chi connectivity index (χ2n) is 15.8. The first-order valence-electron chi connectivity index (χ1n) is 21.5. The topological polar surface area (TPSA) is 132 Å². The first-order valence-corrected chi connectivity index (χ1v) is 21.5. The molecule has 8 nitrogen and oxygen atoms in total. The van der Waals surface area contributed by atoms with Gasteiger partial charge in [-0.25, -0.2) is 14.6 Å². The largest absolute Gasteiger partial charge is 0.478 e. The van der Waals surface area contributed by atoms with E-state index in [9.17, 15) is 19.8 Å². The van der Waals surface area contributed by atoms with Gasteiger partial charge in [-0.15, -0.1) is 0 Å². The highest BCUT2D eigenvalue weighted by atomic mass is 16.4. The van der Waals surface area contributed by atoms with Crippen molar-refractivity contribution < 1.29 is 19.8 Å². The zero-order chi connectivity index (χ0) is 40.4. The summed E-state index contributed by atoms with van der Waals surface area (Å²) >= 11 is 0. The third-order valence-corrected chi connectivity index (χ3v) is 11.7. The van der Waals surface area contributed by atoms with Crippen LogP contribution in [0.3, 0.4) is 0 Å². The number of aromatic amines is 2. The van der Waals surface area contributed by atoms with E-state index in [1.807, 2.05) is 24.3 Å². The van der Waals surface area contributed by atoms with Gasteiger partial charge in [-0.1, -0.05) is 89.5 Å². The van der Waals surface area contributed by atoms with Crippen LogP contribution >= 0.6 is 0 Å². The second-order valence-corrected chi connectivity index (χ2v) is 15.8. The molecule has 2 aliphatic rings. The normalized spacial score (nSPS) is 13.1. The summed E-state index contributed by atoms with van der Waals surface area (Å²) in [7, 11) is 0. The molecular formula is C50H56N4O4. The molecule has 3 aromatic heterocycles.